The average Bonchev–Trinajstić information content (AvgIpc) is 2.57. The zero-order valence-electron chi connectivity index (χ0n) is 11.3. The van der Waals surface area contributed by atoms with E-state index in [-0.39, 0.29) is 23.5 Å². The van der Waals surface area contributed by atoms with Crippen molar-refractivity contribution in [2.75, 3.05) is 0 Å². The van der Waals surface area contributed by atoms with Gasteiger partial charge in [-0.2, -0.15) is 0 Å². The first-order chi connectivity index (χ1) is 8.71. The molecule has 1 aromatic carbocycles. The molecule has 0 radical (unpaired) electrons. The quantitative estimate of drug-likeness (QED) is 0.797. The molecule has 1 heterocycles. The van der Waals surface area contributed by atoms with Gasteiger partial charge in [0.05, 0.1) is 6.04 Å². The second-order valence-electron chi connectivity index (χ2n) is 5.92. The molecule has 5 heteroatoms. The number of amides is 1. The lowest BCUT2D eigenvalue weighted by Gasteiger charge is -2.38. The van der Waals surface area contributed by atoms with Gasteiger partial charge in [-0.05, 0) is 70.3 Å². The van der Waals surface area contributed by atoms with Gasteiger partial charge >= 0.3 is 0 Å². The van der Waals surface area contributed by atoms with Crippen LogP contribution in [0, 0.1) is 0 Å². The Morgan fingerprint density at radius 1 is 1.26 bits per heavy atom. The van der Waals surface area contributed by atoms with Crippen LogP contribution in [0.15, 0.2) is 27.1 Å². The first-order valence-corrected chi connectivity index (χ1v) is 7.83. The van der Waals surface area contributed by atoms with E-state index in [1.165, 1.54) is 0 Å². The number of nitrogens with two attached hydrogens (primary N) is 1. The molecule has 1 aliphatic rings. The van der Waals surface area contributed by atoms with E-state index in [9.17, 15) is 4.79 Å². The molecule has 0 spiro atoms. The molecule has 2 N–H and O–H groups in total. The van der Waals surface area contributed by atoms with Crippen molar-refractivity contribution in [1.29, 1.82) is 0 Å². The molecular formula is C14H18Br2N2O. The Kier molecular flexibility index (Phi) is 4.10. The fourth-order valence-corrected chi connectivity index (χ4v) is 3.29. The van der Waals surface area contributed by atoms with Crippen LogP contribution in [0.4, 0.5) is 0 Å². The number of likely N-dealkylation sites (tertiary alicyclic amines) is 1. The molecule has 2 unspecified atom stereocenters. The molecule has 3 nitrogen and oxygen atoms in total. The summed E-state index contributed by atoms with van der Waals surface area (Å²) in [7, 11) is 0. The Bertz CT molecular complexity index is 511. The molecule has 0 aliphatic carbocycles. The zero-order chi connectivity index (χ0) is 14.4. The molecule has 1 aromatic rings. The molecule has 1 aliphatic heterocycles. The molecular weight excluding hydrogens is 372 g/mol. The number of halogens is 2. The first-order valence-electron chi connectivity index (χ1n) is 6.24. The summed E-state index contributed by atoms with van der Waals surface area (Å²) in [5.41, 5.74) is 7.03. The number of carbonyl (C=O) groups excluding carboxylic acids is 1. The second-order valence-corrected chi connectivity index (χ2v) is 7.63. The van der Waals surface area contributed by atoms with E-state index in [2.05, 4.69) is 31.9 Å². The number of rotatable bonds is 1. The predicted molar refractivity (Wildman–Crippen MR) is 83.8 cm³/mol. The Hall–Kier alpha value is -0.390. The lowest BCUT2D eigenvalue weighted by Crippen LogP contribution is -2.45. The Morgan fingerprint density at radius 2 is 1.89 bits per heavy atom. The average molecular weight is 390 g/mol. The summed E-state index contributed by atoms with van der Waals surface area (Å²) in [4.78, 5) is 14.1. The zero-order valence-corrected chi connectivity index (χ0v) is 14.5. The summed E-state index contributed by atoms with van der Waals surface area (Å²) in [6.45, 7) is 6.14. The van der Waals surface area contributed by atoms with Gasteiger partial charge in [-0.1, -0.05) is 6.07 Å². The minimum Gasteiger partial charge on any atom is -0.329 e. The van der Waals surface area contributed by atoms with Crippen LogP contribution in [0.25, 0.3) is 0 Å². The predicted octanol–water partition coefficient (Wildman–Crippen LogP) is 3.61. The van der Waals surface area contributed by atoms with Crippen molar-refractivity contribution < 1.29 is 4.79 Å². The van der Waals surface area contributed by atoms with Gasteiger partial charge in [-0.25, -0.2) is 0 Å². The third-order valence-electron chi connectivity index (χ3n) is 3.37. The van der Waals surface area contributed by atoms with Crippen molar-refractivity contribution in [1.82, 2.24) is 4.90 Å². The van der Waals surface area contributed by atoms with E-state index in [0.29, 0.717) is 6.42 Å². The van der Waals surface area contributed by atoms with Gasteiger partial charge in [0.15, 0.2) is 0 Å². The first kappa shape index (κ1) is 15.0. The molecule has 0 aromatic heterocycles. The monoisotopic (exact) mass is 388 g/mol. The molecule has 104 valence electrons. The number of hydrogen-bond donors (Lipinski definition) is 1. The molecule has 1 saturated heterocycles. The van der Waals surface area contributed by atoms with Crippen LogP contribution < -0.4 is 5.73 Å². The van der Waals surface area contributed by atoms with Gasteiger partial charge in [-0.3, -0.25) is 4.79 Å². The minimum absolute atomic E-state index is 0.0584. The maximum Gasteiger partial charge on any atom is 0.225 e. The molecule has 0 saturated carbocycles. The van der Waals surface area contributed by atoms with E-state index >= 15 is 0 Å². The fourth-order valence-electron chi connectivity index (χ4n) is 2.64. The second kappa shape index (κ2) is 5.19. The van der Waals surface area contributed by atoms with E-state index in [1.54, 1.807) is 0 Å². The summed E-state index contributed by atoms with van der Waals surface area (Å²) >= 11 is 6.97. The standard InChI is InChI=1S/C14H18Br2N2O/c1-14(2,3)18-12(19)7-11(17)13(18)8-4-5-9(15)10(16)6-8/h4-6,11,13H,7,17H2,1-3H3. The summed E-state index contributed by atoms with van der Waals surface area (Å²) < 4.78 is 1.97. The molecule has 1 fully saturated rings. The lowest BCUT2D eigenvalue weighted by molar-refractivity contribution is -0.133. The highest BCUT2D eigenvalue weighted by molar-refractivity contribution is 9.13. The van der Waals surface area contributed by atoms with Crippen LogP contribution in [0.1, 0.15) is 38.8 Å². The van der Waals surface area contributed by atoms with Crippen LogP contribution in [0.2, 0.25) is 0 Å². The van der Waals surface area contributed by atoms with Crippen molar-refractivity contribution in [3.8, 4) is 0 Å². The van der Waals surface area contributed by atoms with E-state index in [4.69, 9.17) is 5.73 Å². The maximum atomic E-state index is 12.2. The summed E-state index contributed by atoms with van der Waals surface area (Å²) in [5, 5.41) is 0. The van der Waals surface area contributed by atoms with Gasteiger partial charge in [0.2, 0.25) is 5.91 Å². The van der Waals surface area contributed by atoms with Crippen molar-refractivity contribution in [3.63, 3.8) is 0 Å². The van der Waals surface area contributed by atoms with Crippen LogP contribution in [0.5, 0.6) is 0 Å². The highest BCUT2D eigenvalue weighted by atomic mass is 79.9. The number of carbonyl (C=O) groups is 1. The van der Waals surface area contributed by atoms with E-state index in [1.807, 2.05) is 43.9 Å². The van der Waals surface area contributed by atoms with E-state index in [0.717, 1.165) is 14.5 Å². The van der Waals surface area contributed by atoms with Crippen molar-refractivity contribution >= 4 is 37.8 Å². The number of hydrogen-bond acceptors (Lipinski definition) is 2. The number of benzene rings is 1. The summed E-state index contributed by atoms with van der Waals surface area (Å²) in [6, 6.07) is 5.83. The topological polar surface area (TPSA) is 46.3 Å². The molecule has 19 heavy (non-hydrogen) atoms. The smallest absolute Gasteiger partial charge is 0.225 e. The lowest BCUT2D eigenvalue weighted by atomic mass is 9.97. The molecule has 1 amide bonds. The van der Waals surface area contributed by atoms with Crippen molar-refractivity contribution in [2.24, 2.45) is 5.73 Å². The third kappa shape index (κ3) is 2.88. The van der Waals surface area contributed by atoms with Crippen molar-refractivity contribution in [2.45, 2.75) is 44.8 Å². The Balaban J connectivity index is 2.45. The summed E-state index contributed by atoms with van der Waals surface area (Å²) in [5.74, 6) is 0.129. The van der Waals surface area contributed by atoms with Gasteiger partial charge < -0.3 is 10.6 Å². The highest BCUT2D eigenvalue weighted by Crippen LogP contribution is 2.39. The molecule has 2 rings (SSSR count). The minimum atomic E-state index is -0.227. The van der Waals surface area contributed by atoms with Gasteiger partial charge in [0.1, 0.15) is 0 Å². The SMILES string of the molecule is CC(C)(C)N1C(=O)CC(N)C1c1ccc(Br)c(Br)c1. The fraction of sp³-hybridized carbons (Fsp3) is 0.500. The number of nitrogens with zero attached hydrogens (tertiary/aromatic N) is 1. The van der Waals surface area contributed by atoms with Crippen molar-refractivity contribution in [3.05, 3.63) is 32.7 Å². The normalized spacial score (nSPS) is 24.1. The van der Waals surface area contributed by atoms with E-state index < -0.39 is 0 Å². The van der Waals surface area contributed by atoms with Crippen LogP contribution in [-0.4, -0.2) is 22.4 Å². The highest BCUT2D eigenvalue weighted by Gasteiger charge is 2.43. The van der Waals surface area contributed by atoms with Crippen LogP contribution in [0.3, 0.4) is 0 Å². The maximum absolute atomic E-state index is 12.2. The third-order valence-corrected chi connectivity index (χ3v) is 5.25. The Morgan fingerprint density at radius 3 is 2.42 bits per heavy atom. The van der Waals surface area contributed by atoms with Crippen LogP contribution >= 0.6 is 31.9 Å². The van der Waals surface area contributed by atoms with Crippen LogP contribution in [-0.2, 0) is 4.79 Å². The largest absolute Gasteiger partial charge is 0.329 e. The van der Waals surface area contributed by atoms with Gasteiger partial charge in [-0.15, -0.1) is 0 Å². The summed E-state index contributed by atoms with van der Waals surface area (Å²) in [6.07, 6.45) is 0.412. The Labute approximate surface area is 130 Å². The van der Waals surface area contributed by atoms with Gasteiger partial charge in [0, 0.05) is 26.9 Å². The molecule has 2 atom stereocenters. The van der Waals surface area contributed by atoms with Gasteiger partial charge in [0.25, 0.3) is 0 Å². The molecule has 0 bridgehead atoms.